The summed E-state index contributed by atoms with van der Waals surface area (Å²) in [6.45, 7) is 4.58. The van der Waals surface area contributed by atoms with Crippen LogP contribution in [0.15, 0.2) is 41.4 Å². The summed E-state index contributed by atoms with van der Waals surface area (Å²) >= 11 is 0. The number of aliphatic imine (C=N–C) groups is 1. The maximum absolute atomic E-state index is 13.3. The summed E-state index contributed by atoms with van der Waals surface area (Å²) in [5.41, 5.74) is 1.67. The largest absolute Gasteiger partial charge is 0.497 e. The van der Waals surface area contributed by atoms with E-state index in [4.69, 9.17) is 28.7 Å². The van der Waals surface area contributed by atoms with Crippen molar-refractivity contribution < 1.29 is 33.3 Å². The van der Waals surface area contributed by atoms with Crippen LogP contribution < -0.4 is 29.2 Å². The van der Waals surface area contributed by atoms with E-state index < -0.39 is 23.8 Å². The van der Waals surface area contributed by atoms with Crippen molar-refractivity contribution in [3.63, 3.8) is 0 Å². The van der Waals surface area contributed by atoms with Gasteiger partial charge in [0.15, 0.2) is 17.4 Å². The molecule has 1 N–H and O–H groups in total. The molecule has 0 spiro atoms. The Morgan fingerprint density at radius 3 is 2.05 bits per heavy atom. The molecule has 1 saturated heterocycles. The Hall–Kier alpha value is -4.15. The molecule has 0 aromatic heterocycles. The van der Waals surface area contributed by atoms with Crippen molar-refractivity contribution in [1.82, 2.24) is 10.2 Å². The number of anilines is 1. The number of ether oxygens (including phenoxy) is 5. The first-order chi connectivity index (χ1) is 18.4. The SMILES string of the molecule is CCOC(=O)[C@@H]1C(=O)NC(N2CCN(c3ccc(OC)cc3)CC2)=N[C@H]1c1cc(OC)c(OC)c(OC)c1. The van der Waals surface area contributed by atoms with Gasteiger partial charge in [-0.1, -0.05) is 0 Å². The van der Waals surface area contributed by atoms with Gasteiger partial charge in [-0.2, -0.15) is 0 Å². The normalized spacial score (nSPS) is 19.3. The second-order valence-corrected chi connectivity index (χ2v) is 8.75. The van der Waals surface area contributed by atoms with E-state index in [2.05, 4.69) is 10.2 Å². The lowest BCUT2D eigenvalue weighted by Crippen LogP contribution is -2.57. The molecule has 11 nitrogen and oxygen atoms in total. The van der Waals surface area contributed by atoms with Crippen LogP contribution in [0.3, 0.4) is 0 Å². The lowest BCUT2D eigenvalue weighted by Gasteiger charge is -2.39. The van der Waals surface area contributed by atoms with E-state index in [9.17, 15) is 9.59 Å². The van der Waals surface area contributed by atoms with Gasteiger partial charge in [0.1, 0.15) is 11.8 Å². The lowest BCUT2D eigenvalue weighted by atomic mass is 9.90. The summed E-state index contributed by atoms with van der Waals surface area (Å²) < 4.78 is 26.9. The molecular formula is C27H34N4O7. The number of rotatable bonds is 8. The zero-order valence-electron chi connectivity index (χ0n) is 22.4. The third kappa shape index (κ3) is 5.41. The molecular weight excluding hydrogens is 492 g/mol. The van der Waals surface area contributed by atoms with Crippen LogP contribution in [0.2, 0.25) is 0 Å². The fourth-order valence-electron chi connectivity index (χ4n) is 4.71. The molecule has 204 valence electrons. The van der Waals surface area contributed by atoms with E-state index in [-0.39, 0.29) is 6.61 Å². The van der Waals surface area contributed by atoms with Crippen molar-refractivity contribution in [2.45, 2.75) is 13.0 Å². The first-order valence-corrected chi connectivity index (χ1v) is 12.4. The number of amides is 1. The Labute approximate surface area is 222 Å². The smallest absolute Gasteiger partial charge is 0.321 e. The van der Waals surface area contributed by atoms with Crippen molar-refractivity contribution in [2.75, 3.05) is 66.1 Å². The predicted molar refractivity (Wildman–Crippen MR) is 141 cm³/mol. The summed E-state index contributed by atoms with van der Waals surface area (Å²) in [6.07, 6.45) is 0. The first kappa shape index (κ1) is 26.9. The van der Waals surface area contributed by atoms with Gasteiger partial charge < -0.3 is 33.5 Å². The van der Waals surface area contributed by atoms with Crippen molar-refractivity contribution in [2.24, 2.45) is 10.9 Å². The number of hydrogen-bond donors (Lipinski definition) is 1. The van der Waals surface area contributed by atoms with Gasteiger partial charge in [0, 0.05) is 31.9 Å². The van der Waals surface area contributed by atoms with Crippen molar-refractivity contribution >= 4 is 23.5 Å². The van der Waals surface area contributed by atoms with Crippen LogP contribution in [0.1, 0.15) is 18.5 Å². The predicted octanol–water partition coefficient (Wildman–Crippen LogP) is 2.25. The van der Waals surface area contributed by atoms with E-state index in [1.165, 1.54) is 21.3 Å². The molecule has 2 heterocycles. The van der Waals surface area contributed by atoms with E-state index in [0.717, 1.165) is 24.5 Å². The van der Waals surface area contributed by atoms with E-state index in [0.29, 0.717) is 41.9 Å². The number of nitrogens with one attached hydrogen (secondary N) is 1. The number of nitrogens with zero attached hydrogens (tertiary/aromatic N) is 3. The quantitative estimate of drug-likeness (QED) is 0.409. The van der Waals surface area contributed by atoms with Gasteiger partial charge in [-0.3, -0.25) is 14.9 Å². The molecule has 2 aliphatic rings. The minimum atomic E-state index is -1.16. The van der Waals surface area contributed by atoms with E-state index >= 15 is 0 Å². The minimum absolute atomic E-state index is 0.147. The number of carbonyl (C=O) groups is 2. The van der Waals surface area contributed by atoms with E-state index in [1.54, 1.807) is 26.2 Å². The van der Waals surface area contributed by atoms with Gasteiger partial charge in [-0.15, -0.1) is 0 Å². The molecule has 0 saturated carbocycles. The third-order valence-electron chi connectivity index (χ3n) is 6.68. The molecule has 0 aliphatic carbocycles. The second kappa shape index (κ2) is 11.9. The van der Waals surface area contributed by atoms with Crippen LogP contribution >= 0.6 is 0 Å². The Morgan fingerprint density at radius 2 is 1.53 bits per heavy atom. The monoisotopic (exact) mass is 526 g/mol. The van der Waals surface area contributed by atoms with E-state index in [1.807, 2.05) is 29.2 Å². The van der Waals surface area contributed by atoms with Gasteiger partial charge in [-0.05, 0) is 48.9 Å². The van der Waals surface area contributed by atoms with Crippen LogP contribution in [0.5, 0.6) is 23.0 Å². The number of esters is 1. The van der Waals surface area contributed by atoms with Crippen LogP contribution in [0.4, 0.5) is 5.69 Å². The van der Waals surface area contributed by atoms with Crippen LogP contribution in [0.25, 0.3) is 0 Å². The zero-order valence-corrected chi connectivity index (χ0v) is 22.4. The maximum atomic E-state index is 13.3. The number of carbonyl (C=O) groups excluding carboxylic acids is 2. The number of benzene rings is 2. The Morgan fingerprint density at radius 1 is 0.921 bits per heavy atom. The highest BCUT2D eigenvalue weighted by molar-refractivity contribution is 6.08. The second-order valence-electron chi connectivity index (χ2n) is 8.75. The van der Waals surface area contributed by atoms with Gasteiger partial charge in [0.25, 0.3) is 0 Å². The van der Waals surface area contributed by atoms with Crippen LogP contribution in [-0.4, -0.2) is 84.0 Å². The Balaban J connectivity index is 1.63. The van der Waals surface area contributed by atoms with Gasteiger partial charge in [0.05, 0.1) is 35.0 Å². The maximum Gasteiger partial charge on any atom is 0.321 e. The molecule has 0 radical (unpaired) electrons. The molecule has 4 rings (SSSR count). The summed E-state index contributed by atoms with van der Waals surface area (Å²) in [5, 5.41) is 2.84. The molecule has 0 unspecified atom stereocenters. The summed E-state index contributed by atoms with van der Waals surface area (Å²) in [6, 6.07) is 10.5. The van der Waals surface area contributed by atoms with Crippen LogP contribution in [-0.2, 0) is 14.3 Å². The highest BCUT2D eigenvalue weighted by Crippen LogP contribution is 2.42. The fourth-order valence-corrected chi connectivity index (χ4v) is 4.71. The number of methoxy groups -OCH3 is 4. The van der Waals surface area contributed by atoms with Gasteiger partial charge in [-0.25, -0.2) is 4.99 Å². The third-order valence-corrected chi connectivity index (χ3v) is 6.68. The summed E-state index contributed by atoms with van der Waals surface area (Å²) in [4.78, 5) is 35.3. The average molecular weight is 527 g/mol. The molecule has 2 atom stereocenters. The zero-order chi connectivity index (χ0) is 27.2. The number of piperazine rings is 1. The lowest BCUT2D eigenvalue weighted by molar-refractivity contribution is -0.153. The number of guanidine groups is 1. The molecule has 1 amide bonds. The Kier molecular flexibility index (Phi) is 8.45. The first-order valence-electron chi connectivity index (χ1n) is 12.4. The highest BCUT2D eigenvalue weighted by atomic mass is 16.5. The van der Waals surface area contributed by atoms with Gasteiger partial charge in [0.2, 0.25) is 17.6 Å². The highest BCUT2D eigenvalue weighted by Gasteiger charge is 2.43. The number of hydrogen-bond acceptors (Lipinski definition) is 10. The topological polar surface area (TPSA) is 111 Å². The molecule has 0 bridgehead atoms. The standard InChI is InChI=1S/C27H34N4O7/c1-6-38-26(33)22-23(17-15-20(35-3)24(37-5)21(16-17)36-4)28-27(29-25(22)32)31-13-11-30(12-14-31)18-7-9-19(34-2)10-8-18/h7-10,15-16,22-23H,6,11-14H2,1-5H3,(H,28,29,32)/t22-,23-/m0/s1. The molecule has 2 aliphatic heterocycles. The molecule has 2 aromatic carbocycles. The summed E-state index contributed by atoms with van der Waals surface area (Å²) in [7, 11) is 6.17. The van der Waals surface area contributed by atoms with Crippen molar-refractivity contribution in [3.8, 4) is 23.0 Å². The Bertz CT molecular complexity index is 1150. The van der Waals surface area contributed by atoms with Crippen molar-refractivity contribution in [1.29, 1.82) is 0 Å². The minimum Gasteiger partial charge on any atom is -0.497 e. The van der Waals surface area contributed by atoms with Crippen molar-refractivity contribution in [3.05, 3.63) is 42.0 Å². The van der Waals surface area contributed by atoms with Gasteiger partial charge >= 0.3 is 5.97 Å². The van der Waals surface area contributed by atoms with Crippen LogP contribution in [0, 0.1) is 5.92 Å². The molecule has 38 heavy (non-hydrogen) atoms. The fraction of sp³-hybridized carbons (Fsp3) is 0.444. The molecule has 11 heteroatoms. The molecule has 1 fully saturated rings. The molecule has 2 aromatic rings. The average Bonchev–Trinajstić information content (AvgIpc) is 2.96. The summed E-state index contributed by atoms with van der Waals surface area (Å²) in [5.74, 6) is 0.165.